The maximum absolute atomic E-state index is 4.37. The normalized spacial score (nSPS) is 20.5. The number of rotatable bonds is 6. The van der Waals surface area contributed by atoms with E-state index in [4.69, 9.17) is 0 Å². The van der Waals surface area contributed by atoms with Gasteiger partial charge in [-0.15, -0.1) is 0 Å². The molecule has 4 nitrogen and oxygen atoms in total. The Bertz CT molecular complexity index is 341. The molecule has 0 saturated carbocycles. The highest BCUT2D eigenvalue weighted by Crippen LogP contribution is 2.14. The minimum absolute atomic E-state index is 0.693. The van der Waals surface area contributed by atoms with Gasteiger partial charge >= 0.3 is 0 Å². The van der Waals surface area contributed by atoms with E-state index in [1.807, 2.05) is 6.20 Å². The average molecular weight is 250 g/mol. The summed E-state index contributed by atoms with van der Waals surface area (Å²) in [6, 6.07) is 2.85. The van der Waals surface area contributed by atoms with Crippen LogP contribution >= 0.6 is 0 Å². The van der Waals surface area contributed by atoms with E-state index in [-0.39, 0.29) is 0 Å². The molecule has 1 aliphatic rings. The van der Waals surface area contributed by atoms with Crippen molar-refractivity contribution in [1.82, 2.24) is 20.0 Å². The number of nitrogens with zero attached hydrogens (tertiary/aromatic N) is 3. The van der Waals surface area contributed by atoms with Crippen LogP contribution in [0.3, 0.4) is 0 Å². The summed E-state index contributed by atoms with van der Waals surface area (Å²) in [6.45, 7) is 9.92. The van der Waals surface area contributed by atoms with Crippen molar-refractivity contribution in [1.29, 1.82) is 0 Å². The lowest BCUT2D eigenvalue weighted by molar-refractivity contribution is 0.154. The number of aryl methyl sites for hydroxylation is 1. The lowest BCUT2D eigenvalue weighted by Crippen LogP contribution is -2.46. The summed E-state index contributed by atoms with van der Waals surface area (Å²) in [4.78, 5) is 2.62. The smallest absolute Gasteiger partial charge is 0.0524 e. The molecule has 1 atom stereocenters. The third-order valence-corrected chi connectivity index (χ3v) is 3.77. The molecule has 1 aromatic heterocycles. The standard InChI is InChI=1S/C14H26N4/c1-3-10-17(13-6-5-8-15-11-13)12-14-7-9-16-18(14)4-2/h7,9,13,15H,3-6,8,10-12H2,1-2H3. The van der Waals surface area contributed by atoms with Gasteiger partial charge in [0.05, 0.1) is 5.69 Å². The van der Waals surface area contributed by atoms with Crippen LogP contribution in [0.25, 0.3) is 0 Å². The van der Waals surface area contributed by atoms with E-state index < -0.39 is 0 Å². The van der Waals surface area contributed by atoms with Crippen molar-refractivity contribution < 1.29 is 0 Å². The first-order valence-electron chi connectivity index (χ1n) is 7.30. The molecule has 2 heterocycles. The third-order valence-electron chi connectivity index (χ3n) is 3.77. The van der Waals surface area contributed by atoms with Crippen molar-refractivity contribution in [3.63, 3.8) is 0 Å². The maximum Gasteiger partial charge on any atom is 0.0524 e. The van der Waals surface area contributed by atoms with E-state index in [0.29, 0.717) is 6.04 Å². The van der Waals surface area contributed by atoms with Gasteiger partial charge in [0, 0.05) is 31.9 Å². The summed E-state index contributed by atoms with van der Waals surface area (Å²) in [5.41, 5.74) is 1.34. The molecule has 4 heteroatoms. The number of hydrogen-bond acceptors (Lipinski definition) is 3. The van der Waals surface area contributed by atoms with Crippen molar-refractivity contribution in [3.05, 3.63) is 18.0 Å². The highest BCUT2D eigenvalue weighted by Gasteiger charge is 2.21. The second-order valence-corrected chi connectivity index (χ2v) is 5.11. The van der Waals surface area contributed by atoms with Crippen molar-refractivity contribution in [2.45, 2.75) is 52.2 Å². The van der Waals surface area contributed by atoms with Crippen LogP contribution in [0.5, 0.6) is 0 Å². The van der Waals surface area contributed by atoms with E-state index in [0.717, 1.165) is 19.6 Å². The zero-order chi connectivity index (χ0) is 12.8. The molecule has 1 aliphatic heterocycles. The van der Waals surface area contributed by atoms with Crippen LogP contribution in [0, 0.1) is 0 Å². The molecule has 0 spiro atoms. The zero-order valence-electron chi connectivity index (χ0n) is 11.7. The minimum atomic E-state index is 0.693. The lowest BCUT2D eigenvalue weighted by Gasteiger charge is -2.34. The van der Waals surface area contributed by atoms with Gasteiger partial charge in [-0.25, -0.2) is 0 Å². The fourth-order valence-electron chi connectivity index (χ4n) is 2.81. The van der Waals surface area contributed by atoms with Gasteiger partial charge in [-0.3, -0.25) is 9.58 Å². The first-order valence-corrected chi connectivity index (χ1v) is 7.30. The Balaban J connectivity index is 2.00. The Morgan fingerprint density at radius 2 is 2.39 bits per heavy atom. The lowest BCUT2D eigenvalue weighted by atomic mass is 10.1. The molecule has 0 radical (unpaired) electrons. The summed E-state index contributed by atoms with van der Waals surface area (Å²) >= 11 is 0. The molecule has 18 heavy (non-hydrogen) atoms. The number of hydrogen-bond donors (Lipinski definition) is 1. The fraction of sp³-hybridized carbons (Fsp3) is 0.786. The summed E-state index contributed by atoms with van der Waals surface area (Å²) in [5, 5.41) is 7.89. The first-order chi connectivity index (χ1) is 8.85. The van der Waals surface area contributed by atoms with Gasteiger partial charge in [0.15, 0.2) is 0 Å². The predicted octanol–water partition coefficient (Wildman–Crippen LogP) is 1.87. The highest BCUT2D eigenvalue weighted by atomic mass is 15.3. The van der Waals surface area contributed by atoms with Crippen LogP contribution < -0.4 is 5.32 Å². The molecule has 0 amide bonds. The van der Waals surface area contributed by atoms with E-state index >= 15 is 0 Å². The van der Waals surface area contributed by atoms with Crippen LogP contribution in [0.4, 0.5) is 0 Å². The Kier molecular flexibility index (Phi) is 5.20. The Labute approximate surface area is 110 Å². The topological polar surface area (TPSA) is 33.1 Å². The van der Waals surface area contributed by atoms with Crippen molar-refractivity contribution >= 4 is 0 Å². The second kappa shape index (κ2) is 6.90. The van der Waals surface area contributed by atoms with Crippen molar-refractivity contribution in [2.75, 3.05) is 19.6 Å². The number of nitrogens with one attached hydrogen (secondary N) is 1. The predicted molar refractivity (Wildman–Crippen MR) is 74.5 cm³/mol. The zero-order valence-corrected chi connectivity index (χ0v) is 11.7. The van der Waals surface area contributed by atoms with Gasteiger partial charge < -0.3 is 5.32 Å². The van der Waals surface area contributed by atoms with E-state index in [1.165, 1.54) is 38.0 Å². The molecule has 0 aliphatic carbocycles. The van der Waals surface area contributed by atoms with E-state index in [9.17, 15) is 0 Å². The van der Waals surface area contributed by atoms with Gasteiger partial charge in [-0.2, -0.15) is 5.10 Å². The number of piperidine rings is 1. The largest absolute Gasteiger partial charge is 0.315 e. The summed E-state index contributed by atoms with van der Waals surface area (Å²) in [5.74, 6) is 0. The van der Waals surface area contributed by atoms with Crippen molar-refractivity contribution in [3.8, 4) is 0 Å². The Hall–Kier alpha value is -0.870. The molecular formula is C14H26N4. The Morgan fingerprint density at radius 1 is 1.50 bits per heavy atom. The second-order valence-electron chi connectivity index (χ2n) is 5.11. The molecule has 0 bridgehead atoms. The van der Waals surface area contributed by atoms with E-state index in [1.54, 1.807) is 0 Å². The molecule has 1 N–H and O–H groups in total. The summed E-state index contributed by atoms with van der Waals surface area (Å²) in [6.07, 6.45) is 5.77. The molecule has 1 aromatic rings. The molecule has 1 unspecified atom stereocenters. The molecule has 1 fully saturated rings. The SMILES string of the molecule is CCCN(Cc1ccnn1CC)C1CCCNC1. The highest BCUT2D eigenvalue weighted by molar-refractivity contribution is 5.01. The average Bonchev–Trinajstić information content (AvgIpc) is 2.86. The van der Waals surface area contributed by atoms with Gasteiger partial charge in [0.2, 0.25) is 0 Å². The van der Waals surface area contributed by atoms with Crippen LogP contribution in [-0.4, -0.2) is 40.4 Å². The first kappa shape index (κ1) is 13.6. The van der Waals surface area contributed by atoms with Crippen molar-refractivity contribution in [2.24, 2.45) is 0 Å². The van der Waals surface area contributed by atoms with Crippen LogP contribution in [-0.2, 0) is 13.1 Å². The van der Waals surface area contributed by atoms with Crippen LogP contribution in [0.1, 0.15) is 38.8 Å². The van der Waals surface area contributed by atoms with Crippen LogP contribution in [0.15, 0.2) is 12.3 Å². The van der Waals surface area contributed by atoms with Crippen LogP contribution in [0.2, 0.25) is 0 Å². The molecule has 2 rings (SSSR count). The molecular weight excluding hydrogens is 224 g/mol. The molecule has 102 valence electrons. The molecule has 0 aromatic carbocycles. The summed E-state index contributed by atoms with van der Waals surface area (Å²) < 4.78 is 2.11. The fourth-order valence-corrected chi connectivity index (χ4v) is 2.81. The maximum atomic E-state index is 4.37. The summed E-state index contributed by atoms with van der Waals surface area (Å²) in [7, 11) is 0. The Morgan fingerprint density at radius 3 is 3.06 bits per heavy atom. The monoisotopic (exact) mass is 250 g/mol. The number of aromatic nitrogens is 2. The van der Waals surface area contributed by atoms with Gasteiger partial charge in [0.25, 0.3) is 0 Å². The van der Waals surface area contributed by atoms with Gasteiger partial charge in [0.1, 0.15) is 0 Å². The quantitative estimate of drug-likeness (QED) is 0.836. The minimum Gasteiger partial charge on any atom is -0.315 e. The third kappa shape index (κ3) is 3.33. The van der Waals surface area contributed by atoms with Gasteiger partial charge in [-0.05, 0) is 45.3 Å². The molecule has 1 saturated heterocycles. The van der Waals surface area contributed by atoms with E-state index in [2.05, 4.69) is 39.9 Å². The van der Waals surface area contributed by atoms with Gasteiger partial charge in [-0.1, -0.05) is 6.92 Å².